The summed E-state index contributed by atoms with van der Waals surface area (Å²) in [7, 11) is 8.05. The summed E-state index contributed by atoms with van der Waals surface area (Å²) in [5.74, 6) is 0.669. The van der Waals surface area contributed by atoms with Gasteiger partial charge in [-0.05, 0) is 12.8 Å². The summed E-state index contributed by atoms with van der Waals surface area (Å²) in [6, 6.07) is 0. The van der Waals surface area contributed by atoms with Crippen LogP contribution in [-0.4, -0.2) is 69.0 Å². The molecule has 5 heteroatoms. The summed E-state index contributed by atoms with van der Waals surface area (Å²) in [5.41, 5.74) is 0. The van der Waals surface area contributed by atoms with Crippen molar-refractivity contribution in [2.75, 3.05) is 41.3 Å². The molecule has 5 nitrogen and oxygen atoms in total. The molecular formula is C15H29N3O2. The predicted molar refractivity (Wildman–Crippen MR) is 80.9 cm³/mol. The molecule has 2 rings (SSSR count). The molecule has 2 aliphatic rings. The lowest BCUT2D eigenvalue weighted by Gasteiger charge is -2.26. The molecule has 1 spiro atoms. The van der Waals surface area contributed by atoms with Crippen LogP contribution in [0, 0.1) is 0 Å². The molecule has 0 aromatic carbocycles. The average molecular weight is 283 g/mol. The topological polar surface area (TPSA) is 37.3 Å². The number of nitrogens with zero attached hydrogens (tertiary/aromatic N) is 3. The third-order valence-electron chi connectivity index (χ3n) is 4.02. The van der Waals surface area contributed by atoms with E-state index in [0.29, 0.717) is 13.2 Å². The van der Waals surface area contributed by atoms with Crippen LogP contribution < -0.4 is 0 Å². The normalized spacial score (nSPS) is 25.3. The zero-order valence-electron chi connectivity index (χ0n) is 13.4. The SMILES string of the molecule is CN(C)C(=NCC1COC2(CCCCCC2)O1)N(C)C. The molecule has 1 unspecified atom stereocenters. The van der Waals surface area contributed by atoms with Crippen molar-refractivity contribution in [2.45, 2.75) is 50.4 Å². The molecule has 1 aliphatic carbocycles. The molecule has 0 N–H and O–H groups in total. The average Bonchev–Trinajstić information content (AvgIpc) is 2.62. The van der Waals surface area contributed by atoms with Crippen molar-refractivity contribution >= 4 is 5.96 Å². The molecule has 20 heavy (non-hydrogen) atoms. The van der Waals surface area contributed by atoms with Crippen LogP contribution in [0.25, 0.3) is 0 Å². The first kappa shape index (κ1) is 15.6. The maximum Gasteiger partial charge on any atom is 0.195 e. The molecular weight excluding hydrogens is 254 g/mol. The summed E-state index contributed by atoms with van der Waals surface area (Å²) in [6.45, 7) is 1.35. The van der Waals surface area contributed by atoms with E-state index in [1.54, 1.807) is 0 Å². The van der Waals surface area contributed by atoms with E-state index < -0.39 is 0 Å². The van der Waals surface area contributed by atoms with Gasteiger partial charge in [-0.1, -0.05) is 12.8 Å². The van der Waals surface area contributed by atoms with Crippen LogP contribution >= 0.6 is 0 Å². The van der Waals surface area contributed by atoms with Crippen LogP contribution in [0.4, 0.5) is 0 Å². The Bertz CT molecular complexity index is 324. The Kier molecular flexibility index (Phi) is 5.27. The summed E-state index contributed by atoms with van der Waals surface area (Å²) in [5, 5.41) is 0. The van der Waals surface area contributed by atoms with Crippen molar-refractivity contribution in [1.29, 1.82) is 0 Å². The number of rotatable bonds is 2. The quantitative estimate of drug-likeness (QED) is 0.573. The molecule has 1 heterocycles. The van der Waals surface area contributed by atoms with Crippen molar-refractivity contribution in [3.63, 3.8) is 0 Å². The molecule has 0 aromatic rings. The van der Waals surface area contributed by atoms with Crippen LogP contribution in [-0.2, 0) is 9.47 Å². The van der Waals surface area contributed by atoms with Crippen LogP contribution in [0.3, 0.4) is 0 Å². The molecule has 0 amide bonds. The number of aliphatic imine (C=N–C) groups is 1. The highest BCUT2D eigenvalue weighted by Crippen LogP contribution is 2.36. The lowest BCUT2D eigenvalue weighted by Crippen LogP contribution is -2.36. The van der Waals surface area contributed by atoms with Crippen molar-refractivity contribution in [3.05, 3.63) is 0 Å². The minimum atomic E-state index is -0.299. The summed E-state index contributed by atoms with van der Waals surface area (Å²) >= 11 is 0. The first-order valence-corrected chi connectivity index (χ1v) is 7.73. The van der Waals surface area contributed by atoms with Gasteiger partial charge in [0.15, 0.2) is 11.7 Å². The van der Waals surface area contributed by atoms with Crippen LogP contribution in [0.5, 0.6) is 0 Å². The van der Waals surface area contributed by atoms with Gasteiger partial charge >= 0.3 is 0 Å². The Morgan fingerprint density at radius 3 is 2.20 bits per heavy atom. The predicted octanol–water partition coefficient (Wildman–Crippen LogP) is 1.93. The van der Waals surface area contributed by atoms with Gasteiger partial charge in [-0.2, -0.15) is 0 Å². The second-order valence-electron chi connectivity index (χ2n) is 6.31. The molecule has 0 aromatic heterocycles. The molecule has 2 fully saturated rings. The smallest absolute Gasteiger partial charge is 0.195 e. The second-order valence-corrected chi connectivity index (χ2v) is 6.31. The maximum absolute atomic E-state index is 6.21. The minimum Gasteiger partial charge on any atom is -0.349 e. The van der Waals surface area contributed by atoms with E-state index in [4.69, 9.17) is 9.47 Å². The molecule has 0 bridgehead atoms. The third kappa shape index (κ3) is 3.85. The second kappa shape index (κ2) is 6.76. The maximum atomic E-state index is 6.21. The van der Waals surface area contributed by atoms with Crippen molar-refractivity contribution in [1.82, 2.24) is 9.80 Å². The first-order valence-electron chi connectivity index (χ1n) is 7.73. The van der Waals surface area contributed by atoms with Crippen molar-refractivity contribution < 1.29 is 9.47 Å². The highest BCUT2D eigenvalue weighted by atomic mass is 16.7. The van der Waals surface area contributed by atoms with Gasteiger partial charge in [-0.15, -0.1) is 0 Å². The number of hydrogen-bond acceptors (Lipinski definition) is 3. The lowest BCUT2D eigenvalue weighted by molar-refractivity contribution is -0.174. The largest absolute Gasteiger partial charge is 0.349 e. The van der Waals surface area contributed by atoms with Gasteiger partial charge in [0.1, 0.15) is 6.10 Å². The Hall–Kier alpha value is -0.810. The van der Waals surface area contributed by atoms with E-state index in [1.165, 1.54) is 25.7 Å². The van der Waals surface area contributed by atoms with Gasteiger partial charge in [0.2, 0.25) is 0 Å². The van der Waals surface area contributed by atoms with Gasteiger partial charge in [0, 0.05) is 41.0 Å². The summed E-state index contributed by atoms with van der Waals surface area (Å²) < 4.78 is 12.2. The molecule has 1 saturated heterocycles. The molecule has 116 valence electrons. The first-order chi connectivity index (χ1) is 9.52. The fraction of sp³-hybridized carbons (Fsp3) is 0.933. The van der Waals surface area contributed by atoms with Gasteiger partial charge in [0.25, 0.3) is 0 Å². The van der Waals surface area contributed by atoms with Gasteiger partial charge in [-0.25, -0.2) is 0 Å². The van der Waals surface area contributed by atoms with E-state index in [9.17, 15) is 0 Å². The fourth-order valence-corrected chi connectivity index (χ4v) is 3.10. The standard InChI is InChI=1S/C15H29N3O2/c1-17(2)14(18(3)4)16-11-13-12-19-15(20-13)9-7-5-6-8-10-15/h13H,5-12H2,1-4H3. The number of hydrogen-bond donors (Lipinski definition) is 0. The number of ether oxygens (including phenoxy) is 2. The zero-order valence-corrected chi connectivity index (χ0v) is 13.4. The monoisotopic (exact) mass is 283 g/mol. The molecule has 0 radical (unpaired) electrons. The van der Waals surface area contributed by atoms with Gasteiger partial charge < -0.3 is 19.3 Å². The molecule has 1 atom stereocenters. The van der Waals surface area contributed by atoms with E-state index in [1.807, 2.05) is 38.0 Å². The Morgan fingerprint density at radius 2 is 1.65 bits per heavy atom. The van der Waals surface area contributed by atoms with Gasteiger partial charge in [-0.3, -0.25) is 4.99 Å². The lowest BCUT2D eigenvalue weighted by atomic mass is 10.1. The van der Waals surface area contributed by atoms with Crippen LogP contribution in [0.1, 0.15) is 38.5 Å². The summed E-state index contributed by atoms with van der Waals surface area (Å²) in [6.07, 6.45) is 7.24. The van der Waals surface area contributed by atoms with E-state index in [-0.39, 0.29) is 11.9 Å². The van der Waals surface area contributed by atoms with Crippen molar-refractivity contribution in [3.8, 4) is 0 Å². The minimum absolute atomic E-state index is 0.1000. The molecule has 1 saturated carbocycles. The third-order valence-corrected chi connectivity index (χ3v) is 4.02. The highest BCUT2D eigenvalue weighted by Gasteiger charge is 2.41. The fourth-order valence-electron chi connectivity index (χ4n) is 3.10. The van der Waals surface area contributed by atoms with Crippen LogP contribution in [0.15, 0.2) is 4.99 Å². The van der Waals surface area contributed by atoms with Crippen LogP contribution in [0.2, 0.25) is 0 Å². The number of guanidine groups is 1. The van der Waals surface area contributed by atoms with E-state index >= 15 is 0 Å². The highest BCUT2D eigenvalue weighted by molar-refractivity contribution is 5.79. The Balaban J connectivity index is 1.91. The van der Waals surface area contributed by atoms with Gasteiger partial charge in [0.05, 0.1) is 13.2 Å². The Labute approximate surface area is 122 Å². The zero-order chi connectivity index (χ0) is 14.6. The van der Waals surface area contributed by atoms with E-state index in [0.717, 1.165) is 18.8 Å². The Morgan fingerprint density at radius 1 is 1.05 bits per heavy atom. The summed E-state index contributed by atoms with van der Waals surface area (Å²) in [4.78, 5) is 8.72. The van der Waals surface area contributed by atoms with E-state index in [2.05, 4.69) is 4.99 Å². The van der Waals surface area contributed by atoms with Crippen molar-refractivity contribution in [2.24, 2.45) is 4.99 Å². The molecule has 1 aliphatic heterocycles.